The fourth-order valence-electron chi connectivity index (χ4n) is 13.5. The van der Waals surface area contributed by atoms with Gasteiger partial charge in [0.2, 0.25) is 17.6 Å². The molecule has 3 aromatic carbocycles. The first-order valence-corrected chi connectivity index (χ1v) is 34.8. The summed E-state index contributed by atoms with van der Waals surface area (Å²) in [5, 5.41) is 0. The summed E-state index contributed by atoms with van der Waals surface area (Å²) in [5.74, 6) is 4.53. The Kier molecular flexibility index (Phi) is 22.1. The molecule has 0 radical (unpaired) electrons. The molecule has 0 saturated carbocycles. The van der Waals surface area contributed by atoms with Gasteiger partial charge in [0, 0.05) is 159 Å². The van der Waals surface area contributed by atoms with Crippen LogP contribution in [0, 0.1) is 53.4 Å². The van der Waals surface area contributed by atoms with E-state index in [2.05, 4.69) is 78.0 Å². The molecule has 9 heterocycles. The highest BCUT2D eigenvalue weighted by atomic mass is 16.5. The van der Waals surface area contributed by atoms with E-state index in [9.17, 15) is 28.8 Å². The third-order valence-corrected chi connectivity index (χ3v) is 20.5. The van der Waals surface area contributed by atoms with Crippen molar-refractivity contribution in [2.75, 3.05) is 21.3 Å². The number of ketones is 3. The van der Waals surface area contributed by atoms with Crippen LogP contribution in [0.2, 0.25) is 0 Å². The molecule has 3 atom stereocenters. The number of methoxy groups -OCH3 is 3. The zero-order valence-corrected chi connectivity index (χ0v) is 61.9. The fourth-order valence-corrected chi connectivity index (χ4v) is 13.5. The Labute approximate surface area is 596 Å². The first kappa shape index (κ1) is 74.2. The summed E-state index contributed by atoms with van der Waals surface area (Å²) in [5.41, 5.74) is 16.4. The van der Waals surface area contributed by atoms with Crippen molar-refractivity contribution in [1.29, 1.82) is 0 Å². The summed E-state index contributed by atoms with van der Waals surface area (Å²) in [4.78, 5) is 98.6. The lowest BCUT2D eigenvalue weighted by Gasteiger charge is -2.28. The SMILES string of the molecule is C=C(C)C1(C)Cc2cc(C(=O)CCc3c(C)cc(C)[nH]c3=O)cc(-c3ccc(OC)nc3)c2O1.COc1ccc(-c2cc(C(=O)CCc3c(C)cc(C)[nH]c3=O)cc3c2OC(C)(C(C)C)C3)cn1.COc1ccc(-c2cc(C(=O)CCc3c(C)cc(C)[nH]c3=O)cc3c2OC(C)(C(C)C)C3)cn1. The number of carbonyl (C=O) groups excluding carboxylic acids is 3. The third-order valence-electron chi connectivity index (χ3n) is 20.5. The maximum atomic E-state index is 13.3. The monoisotopic (exact) mass is 1380 g/mol. The van der Waals surface area contributed by atoms with Crippen molar-refractivity contribution >= 4 is 17.3 Å². The molecule has 3 aliphatic heterocycles. The van der Waals surface area contributed by atoms with Gasteiger partial charge >= 0.3 is 0 Å². The topological polar surface area (TPSA) is 244 Å². The Hall–Kier alpha value is -10.5. The van der Waals surface area contributed by atoms with E-state index < -0.39 is 5.60 Å². The van der Waals surface area contributed by atoms with Crippen LogP contribution in [-0.4, -0.2) is 85.4 Å². The van der Waals surface area contributed by atoms with Crippen molar-refractivity contribution in [1.82, 2.24) is 29.9 Å². The van der Waals surface area contributed by atoms with Crippen LogP contribution in [0.25, 0.3) is 33.4 Å². The highest BCUT2D eigenvalue weighted by Gasteiger charge is 2.42. The average Bonchev–Trinajstić information content (AvgIpc) is 1.61. The molecule has 12 rings (SSSR count). The van der Waals surface area contributed by atoms with Crippen molar-refractivity contribution in [3.63, 3.8) is 0 Å². The van der Waals surface area contributed by atoms with E-state index in [0.29, 0.717) is 88.5 Å². The second-order valence-corrected chi connectivity index (χ2v) is 28.7. The molecule has 532 valence electrons. The van der Waals surface area contributed by atoms with E-state index in [1.54, 1.807) is 58.1 Å². The van der Waals surface area contributed by atoms with Crippen LogP contribution in [0.4, 0.5) is 0 Å². The number of hydrogen-bond donors (Lipinski definition) is 3. The highest BCUT2D eigenvalue weighted by molar-refractivity contribution is 6.00. The van der Waals surface area contributed by atoms with Crippen LogP contribution >= 0.6 is 0 Å². The number of hydrogen-bond acceptors (Lipinski definition) is 15. The second-order valence-electron chi connectivity index (χ2n) is 28.7. The molecule has 0 bridgehead atoms. The fraction of sp³-hybridized carbons (Fsp3) is 0.369. The Balaban J connectivity index is 0.000000165. The van der Waals surface area contributed by atoms with Crippen LogP contribution in [0.5, 0.6) is 34.9 Å². The molecule has 0 saturated heterocycles. The van der Waals surface area contributed by atoms with E-state index >= 15 is 0 Å². The van der Waals surface area contributed by atoms with Crippen molar-refractivity contribution < 1.29 is 42.8 Å². The minimum Gasteiger partial charge on any atom is -0.486 e. The van der Waals surface area contributed by atoms with Crippen molar-refractivity contribution in [2.45, 2.75) is 172 Å². The minimum atomic E-state index is -0.537. The van der Waals surface area contributed by atoms with Gasteiger partial charge < -0.3 is 43.4 Å². The number of nitrogens with one attached hydrogen (secondary N) is 3. The van der Waals surface area contributed by atoms with Crippen molar-refractivity contribution in [2.24, 2.45) is 11.8 Å². The van der Waals surface area contributed by atoms with E-state index in [4.69, 9.17) is 28.4 Å². The van der Waals surface area contributed by atoms with Gasteiger partial charge in [0.1, 0.15) is 34.1 Å². The van der Waals surface area contributed by atoms with Crippen LogP contribution < -0.4 is 45.1 Å². The van der Waals surface area contributed by atoms with E-state index in [1.807, 2.05) is 128 Å². The lowest BCUT2D eigenvalue weighted by atomic mass is 9.87. The number of pyridine rings is 6. The minimum absolute atomic E-state index is 0.00282. The lowest BCUT2D eigenvalue weighted by Crippen LogP contribution is -2.36. The second kappa shape index (κ2) is 30.4. The molecule has 18 nitrogen and oxygen atoms in total. The Morgan fingerprint density at radius 1 is 0.461 bits per heavy atom. The molecule has 0 spiro atoms. The maximum absolute atomic E-state index is 13.3. The van der Waals surface area contributed by atoms with Gasteiger partial charge in [-0.15, -0.1) is 0 Å². The smallest absolute Gasteiger partial charge is 0.251 e. The Morgan fingerprint density at radius 2 is 0.755 bits per heavy atom. The van der Waals surface area contributed by atoms with Crippen LogP contribution in [0.1, 0.15) is 173 Å². The highest BCUT2D eigenvalue weighted by Crippen LogP contribution is 2.49. The van der Waals surface area contributed by atoms with Gasteiger partial charge in [0.15, 0.2) is 17.3 Å². The quantitative estimate of drug-likeness (QED) is 0.0447. The van der Waals surface area contributed by atoms with Crippen LogP contribution in [-0.2, 0) is 38.5 Å². The summed E-state index contributed by atoms with van der Waals surface area (Å²) in [6.45, 7) is 32.2. The number of fused-ring (bicyclic) bond motifs is 3. The van der Waals surface area contributed by atoms with Crippen molar-refractivity contribution in [3.8, 4) is 68.3 Å². The number of nitrogens with zero attached hydrogens (tertiary/aromatic N) is 3. The average molecular weight is 1380 g/mol. The molecule has 0 fully saturated rings. The van der Waals surface area contributed by atoms with E-state index in [1.165, 1.54) is 0 Å². The van der Waals surface area contributed by atoms with E-state index in [-0.39, 0.29) is 64.5 Å². The van der Waals surface area contributed by atoms with Crippen LogP contribution in [0.15, 0.2) is 136 Å². The molecular formula is C84H94N6O12. The molecule has 3 aliphatic rings. The summed E-state index contributed by atoms with van der Waals surface area (Å²) in [7, 11) is 4.73. The molecule has 18 heteroatoms. The summed E-state index contributed by atoms with van der Waals surface area (Å²) < 4.78 is 35.0. The summed E-state index contributed by atoms with van der Waals surface area (Å²) in [6.07, 6.45) is 9.24. The van der Waals surface area contributed by atoms with E-state index in [0.717, 1.165) is 120 Å². The van der Waals surface area contributed by atoms with Gasteiger partial charge in [-0.2, -0.15) is 0 Å². The molecule has 0 aliphatic carbocycles. The van der Waals surface area contributed by atoms with Gasteiger partial charge in [-0.1, -0.05) is 34.3 Å². The first-order valence-electron chi connectivity index (χ1n) is 34.8. The number of ether oxygens (including phenoxy) is 6. The molecule has 6 aromatic heterocycles. The van der Waals surface area contributed by atoms with Crippen molar-refractivity contribution in [3.05, 3.63) is 237 Å². The van der Waals surface area contributed by atoms with Gasteiger partial charge in [0.05, 0.1) is 21.3 Å². The summed E-state index contributed by atoms with van der Waals surface area (Å²) >= 11 is 0. The molecular weight excluding hydrogens is 1280 g/mol. The van der Waals surface area contributed by atoms with Gasteiger partial charge in [0.25, 0.3) is 16.7 Å². The number of Topliss-reactive ketones (excluding diaryl/α,β-unsaturated/α-hetero) is 3. The number of aryl methyl sites for hydroxylation is 6. The molecule has 102 heavy (non-hydrogen) atoms. The third kappa shape index (κ3) is 16.1. The lowest BCUT2D eigenvalue weighted by molar-refractivity contribution is 0.0649. The number of carbonyl (C=O) groups is 3. The number of aromatic amines is 3. The zero-order chi connectivity index (χ0) is 73.9. The largest absolute Gasteiger partial charge is 0.486 e. The number of H-pyrrole nitrogens is 3. The number of aromatic nitrogens is 6. The molecule has 9 aromatic rings. The van der Waals surface area contributed by atoms with Gasteiger partial charge in [-0.05, 0) is 212 Å². The normalized spacial score (nSPS) is 16.8. The predicted molar refractivity (Wildman–Crippen MR) is 399 cm³/mol. The molecule has 0 amide bonds. The number of benzene rings is 3. The zero-order valence-electron chi connectivity index (χ0n) is 61.9. The Bertz CT molecular complexity index is 4690. The number of rotatable bonds is 21. The van der Waals surface area contributed by atoms with Gasteiger partial charge in [-0.25, -0.2) is 15.0 Å². The Morgan fingerprint density at radius 3 is 1.01 bits per heavy atom. The van der Waals surface area contributed by atoms with Gasteiger partial charge in [-0.3, -0.25) is 28.8 Å². The van der Waals surface area contributed by atoms with Crippen LogP contribution in [0.3, 0.4) is 0 Å². The molecule has 3 unspecified atom stereocenters. The maximum Gasteiger partial charge on any atom is 0.251 e. The predicted octanol–water partition coefficient (Wildman–Crippen LogP) is 15.6. The summed E-state index contributed by atoms with van der Waals surface area (Å²) in [6, 6.07) is 28.4. The standard InChI is InChI=1S/2C28H32N2O4.C28H30N2O4/c3*1-16(2)28(5)14-21-12-20(24(31)9-8-22-17(3)11-18(4)30-27(22)32)13-23(26(21)34-28)19-7-10-25(33-6)29-15-19/h2*7,10-13,15-16H,8-9,14H2,1-6H3,(H,30,32);7,10-13,15H,1,8-9,14H2,2-6H3,(H,30,32). The molecule has 3 N–H and O–H groups in total. The first-order chi connectivity index (χ1) is 48.3.